The van der Waals surface area contributed by atoms with Gasteiger partial charge in [0.15, 0.2) is 5.16 Å². The third-order valence-electron chi connectivity index (χ3n) is 3.85. The van der Waals surface area contributed by atoms with Gasteiger partial charge in [0.1, 0.15) is 17.3 Å². The van der Waals surface area contributed by atoms with Crippen LogP contribution in [-0.4, -0.2) is 34.2 Å². The van der Waals surface area contributed by atoms with Crippen LogP contribution in [0.2, 0.25) is 0 Å². The molecule has 3 rings (SSSR count). The maximum Gasteiger partial charge on any atom is 0.191 e. The Labute approximate surface area is 141 Å². The van der Waals surface area contributed by atoms with Crippen LogP contribution in [0.25, 0.3) is 0 Å². The second kappa shape index (κ2) is 7.73. The minimum atomic E-state index is 0.648. The summed E-state index contributed by atoms with van der Waals surface area (Å²) in [7, 11) is 1.66. The largest absolute Gasteiger partial charge is 0.497 e. The van der Waals surface area contributed by atoms with Crippen LogP contribution in [-0.2, 0) is 6.54 Å². The summed E-state index contributed by atoms with van der Waals surface area (Å²) in [6.07, 6.45) is 3.50. The summed E-state index contributed by atoms with van der Waals surface area (Å²) in [4.78, 5) is 0. The van der Waals surface area contributed by atoms with Crippen molar-refractivity contribution in [3.05, 3.63) is 30.1 Å². The van der Waals surface area contributed by atoms with Crippen LogP contribution in [0.15, 0.2) is 29.4 Å². The molecule has 0 saturated heterocycles. The van der Waals surface area contributed by atoms with Gasteiger partial charge >= 0.3 is 0 Å². The highest BCUT2D eigenvalue weighted by atomic mass is 32.2. The Balaban J connectivity index is 1.41. The van der Waals surface area contributed by atoms with E-state index in [0.29, 0.717) is 12.5 Å². The predicted molar refractivity (Wildman–Crippen MR) is 91.5 cm³/mol. The molecule has 1 heterocycles. The van der Waals surface area contributed by atoms with Crippen molar-refractivity contribution in [3.8, 4) is 11.5 Å². The molecule has 1 saturated carbocycles. The van der Waals surface area contributed by atoms with E-state index in [0.717, 1.165) is 35.4 Å². The molecule has 1 aliphatic rings. The molecule has 0 aliphatic heterocycles. The number of aromatic nitrogens is 3. The van der Waals surface area contributed by atoms with Crippen molar-refractivity contribution in [1.82, 2.24) is 14.8 Å². The number of thioether (sulfide) groups is 1. The van der Waals surface area contributed by atoms with E-state index in [1.807, 2.05) is 24.3 Å². The van der Waals surface area contributed by atoms with Crippen molar-refractivity contribution in [1.29, 1.82) is 0 Å². The quantitative estimate of drug-likeness (QED) is 0.517. The fraction of sp³-hybridized carbons (Fsp3) is 0.529. The summed E-state index contributed by atoms with van der Waals surface area (Å²) in [6, 6.07) is 7.68. The number of hydrogen-bond donors (Lipinski definition) is 0. The third kappa shape index (κ3) is 4.19. The topological polar surface area (TPSA) is 49.2 Å². The van der Waals surface area contributed by atoms with Gasteiger partial charge in [-0.3, -0.25) is 0 Å². The Hall–Kier alpha value is -1.69. The Kier molecular flexibility index (Phi) is 5.43. The number of ether oxygens (including phenoxy) is 2. The molecular weight excluding hydrogens is 310 g/mol. The first-order valence-corrected chi connectivity index (χ1v) is 9.13. The summed E-state index contributed by atoms with van der Waals surface area (Å²) < 4.78 is 13.1. The Morgan fingerprint density at radius 2 is 1.91 bits per heavy atom. The second-order valence-corrected chi connectivity index (χ2v) is 6.65. The summed E-state index contributed by atoms with van der Waals surface area (Å²) in [6.45, 7) is 3.81. The van der Waals surface area contributed by atoms with Gasteiger partial charge in [0.05, 0.1) is 13.7 Å². The first-order valence-electron chi connectivity index (χ1n) is 8.14. The number of hydrogen-bond acceptors (Lipinski definition) is 5. The maximum absolute atomic E-state index is 5.74. The van der Waals surface area contributed by atoms with Gasteiger partial charge < -0.3 is 14.0 Å². The van der Waals surface area contributed by atoms with E-state index in [4.69, 9.17) is 9.47 Å². The van der Waals surface area contributed by atoms with Gasteiger partial charge in [-0.15, -0.1) is 10.2 Å². The zero-order valence-electron chi connectivity index (χ0n) is 13.7. The fourth-order valence-electron chi connectivity index (χ4n) is 2.43. The van der Waals surface area contributed by atoms with Crippen molar-refractivity contribution < 1.29 is 9.47 Å². The molecule has 0 atom stereocenters. The molecule has 0 spiro atoms. The molecule has 0 bridgehead atoms. The van der Waals surface area contributed by atoms with Crippen LogP contribution in [0.4, 0.5) is 0 Å². The van der Waals surface area contributed by atoms with Crippen molar-refractivity contribution in [2.45, 2.75) is 43.8 Å². The maximum atomic E-state index is 5.74. The average molecular weight is 333 g/mol. The minimum Gasteiger partial charge on any atom is -0.497 e. The van der Waals surface area contributed by atoms with Gasteiger partial charge in [-0.2, -0.15) is 0 Å². The minimum absolute atomic E-state index is 0.648. The SMILES string of the molecule is CCn1c(SCCCOc2ccc(OC)cc2)nnc1C1CC1. The highest BCUT2D eigenvalue weighted by molar-refractivity contribution is 7.99. The zero-order valence-corrected chi connectivity index (χ0v) is 14.5. The van der Waals surface area contributed by atoms with Crippen LogP contribution in [0.3, 0.4) is 0 Å². The molecule has 0 N–H and O–H groups in total. The fourth-order valence-corrected chi connectivity index (χ4v) is 3.35. The molecule has 0 radical (unpaired) electrons. The van der Waals surface area contributed by atoms with E-state index in [1.54, 1.807) is 18.9 Å². The van der Waals surface area contributed by atoms with E-state index in [1.165, 1.54) is 18.7 Å². The predicted octanol–water partition coefficient (Wildman–Crippen LogP) is 3.75. The molecule has 1 aliphatic carbocycles. The van der Waals surface area contributed by atoms with Crippen molar-refractivity contribution in [2.24, 2.45) is 0 Å². The molecule has 1 aromatic carbocycles. The van der Waals surface area contributed by atoms with Crippen LogP contribution in [0, 0.1) is 0 Å². The zero-order chi connectivity index (χ0) is 16.1. The lowest BCUT2D eigenvalue weighted by Crippen LogP contribution is -2.03. The third-order valence-corrected chi connectivity index (χ3v) is 4.91. The van der Waals surface area contributed by atoms with E-state index < -0.39 is 0 Å². The van der Waals surface area contributed by atoms with Crippen molar-refractivity contribution >= 4 is 11.8 Å². The standard InChI is InChI=1S/C17H23N3O2S/c1-3-20-16(13-5-6-13)18-19-17(20)23-12-4-11-22-15-9-7-14(21-2)8-10-15/h7-10,13H,3-6,11-12H2,1-2H3. The summed E-state index contributed by atoms with van der Waals surface area (Å²) >= 11 is 1.77. The smallest absolute Gasteiger partial charge is 0.191 e. The van der Waals surface area contributed by atoms with Gasteiger partial charge in [-0.25, -0.2) is 0 Å². The summed E-state index contributed by atoms with van der Waals surface area (Å²) in [5.41, 5.74) is 0. The second-order valence-electron chi connectivity index (χ2n) is 5.59. The molecule has 1 fully saturated rings. The van der Waals surface area contributed by atoms with Gasteiger partial charge in [-0.05, 0) is 50.5 Å². The van der Waals surface area contributed by atoms with E-state index in [-0.39, 0.29) is 0 Å². The number of methoxy groups -OCH3 is 1. The van der Waals surface area contributed by atoms with Crippen LogP contribution in [0.1, 0.15) is 37.9 Å². The lowest BCUT2D eigenvalue weighted by molar-refractivity contribution is 0.318. The molecular formula is C17H23N3O2S. The van der Waals surface area contributed by atoms with E-state index in [9.17, 15) is 0 Å². The monoisotopic (exact) mass is 333 g/mol. The average Bonchev–Trinajstić information content (AvgIpc) is 3.35. The molecule has 1 aromatic heterocycles. The first-order chi connectivity index (χ1) is 11.3. The highest BCUT2D eigenvalue weighted by Gasteiger charge is 2.29. The number of rotatable bonds is 9. The Morgan fingerprint density at radius 3 is 2.57 bits per heavy atom. The highest BCUT2D eigenvalue weighted by Crippen LogP contribution is 2.40. The van der Waals surface area contributed by atoms with Crippen LogP contribution < -0.4 is 9.47 Å². The summed E-state index contributed by atoms with van der Waals surface area (Å²) in [5.74, 6) is 4.53. The number of benzene rings is 1. The van der Waals surface area contributed by atoms with E-state index in [2.05, 4.69) is 21.7 Å². The van der Waals surface area contributed by atoms with Crippen molar-refractivity contribution in [3.63, 3.8) is 0 Å². The van der Waals surface area contributed by atoms with Gasteiger partial charge in [0, 0.05) is 18.2 Å². The van der Waals surface area contributed by atoms with Gasteiger partial charge in [-0.1, -0.05) is 11.8 Å². The molecule has 2 aromatic rings. The molecule has 0 unspecified atom stereocenters. The lowest BCUT2D eigenvalue weighted by Gasteiger charge is -2.08. The van der Waals surface area contributed by atoms with Gasteiger partial charge in [0.25, 0.3) is 0 Å². The van der Waals surface area contributed by atoms with Crippen LogP contribution in [0.5, 0.6) is 11.5 Å². The first kappa shape index (κ1) is 16.2. The number of nitrogens with zero attached hydrogens (tertiary/aromatic N) is 3. The normalized spacial score (nSPS) is 14.0. The molecule has 6 heteroatoms. The van der Waals surface area contributed by atoms with E-state index >= 15 is 0 Å². The van der Waals surface area contributed by atoms with Crippen molar-refractivity contribution in [2.75, 3.05) is 19.5 Å². The van der Waals surface area contributed by atoms with Gasteiger partial charge in [0.2, 0.25) is 0 Å². The Morgan fingerprint density at radius 1 is 1.17 bits per heavy atom. The molecule has 124 valence electrons. The molecule has 5 nitrogen and oxygen atoms in total. The lowest BCUT2D eigenvalue weighted by atomic mass is 10.3. The van der Waals surface area contributed by atoms with Crippen LogP contribution >= 0.6 is 11.8 Å². The summed E-state index contributed by atoms with van der Waals surface area (Å²) in [5, 5.41) is 9.75. The Bertz CT molecular complexity index is 623. The molecule has 23 heavy (non-hydrogen) atoms. The molecule has 0 amide bonds.